The van der Waals surface area contributed by atoms with Gasteiger partial charge < -0.3 is 20.1 Å². The Morgan fingerprint density at radius 1 is 1.03 bits per heavy atom. The van der Waals surface area contributed by atoms with Crippen LogP contribution in [0, 0.1) is 0 Å². The molecular formula is C26H31N3O5. The number of amides is 4. The maximum absolute atomic E-state index is 13.3. The number of benzene rings is 2. The van der Waals surface area contributed by atoms with E-state index in [0.29, 0.717) is 30.3 Å². The first-order chi connectivity index (χ1) is 16.1. The predicted molar refractivity (Wildman–Crippen MR) is 128 cm³/mol. The fourth-order valence-corrected chi connectivity index (χ4v) is 4.41. The summed E-state index contributed by atoms with van der Waals surface area (Å²) in [5.74, 6) is 0.593. The summed E-state index contributed by atoms with van der Waals surface area (Å²) in [5.41, 5.74) is 2.02. The third-order valence-electron chi connectivity index (χ3n) is 6.33. The number of nitrogens with zero attached hydrogens (tertiary/aromatic N) is 1. The number of para-hydroxylation sites is 1. The van der Waals surface area contributed by atoms with Crippen molar-refractivity contribution in [1.82, 2.24) is 10.2 Å². The molecule has 8 nitrogen and oxygen atoms in total. The monoisotopic (exact) mass is 465 g/mol. The molecule has 2 aliphatic rings. The van der Waals surface area contributed by atoms with Gasteiger partial charge in [-0.15, -0.1) is 0 Å². The summed E-state index contributed by atoms with van der Waals surface area (Å²) < 4.78 is 11.2. The molecule has 2 aromatic carbocycles. The first-order valence-electron chi connectivity index (χ1n) is 11.6. The number of carbonyl (C=O) groups excluding carboxylic acids is 3. The molecule has 1 unspecified atom stereocenters. The molecule has 0 spiro atoms. The summed E-state index contributed by atoms with van der Waals surface area (Å²) in [7, 11) is 0. The minimum absolute atomic E-state index is 0.198. The summed E-state index contributed by atoms with van der Waals surface area (Å²) in [6.07, 6.45) is 0. The maximum Gasteiger partial charge on any atom is 0.325 e. The summed E-state index contributed by atoms with van der Waals surface area (Å²) in [6, 6.07) is 10.5. The Hall–Kier alpha value is -3.55. The van der Waals surface area contributed by atoms with E-state index in [9.17, 15) is 14.4 Å². The van der Waals surface area contributed by atoms with E-state index in [4.69, 9.17) is 9.47 Å². The van der Waals surface area contributed by atoms with Gasteiger partial charge in [-0.2, -0.15) is 0 Å². The fraction of sp³-hybridized carbons (Fsp3) is 0.423. The normalized spacial score (nSPS) is 19.6. The van der Waals surface area contributed by atoms with E-state index >= 15 is 0 Å². The van der Waals surface area contributed by atoms with Crippen LogP contribution in [0.15, 0.2) is 36.4 Å². The van der Waals surface area contributed by atoms with Crippen LogP contribution in [0.5, 0.6) is 11.5 Å². The van der Waals surface area contributed by atoms with Crippen LogP contribution in [0.4, 0.5) is 10.5 Å². The zero-order valence-electron chi connectivity index (χ0n) is 20.2. The minimum atomic E-state index is -1.31. The molecule has 180 valence electrons. The lowest BCUT2D eigenvalue weighted by Crippen LogP contribution is -2.42. The Kier molecular flexibility index (Phi) is 6.25. The average molecular weight is 466 g/mol. The van der Waals surface area contributed by atoms with Gasteiger partial charge in [0.05, 0.1) is 0 Å². The minimum Gasteiger partial charge on any atom is -0.486 e. The van der Waals surface area contributed by atoms with Gasteiger partial charge >= 0.3 is 6.03 Å². The van der Waals surface area contributed by atoms with Crippen molar-refractivity contribution in [2.24, 2.45) is 0 Å². The highest BCUT2D eigenvalue weighted by Crippen LogP contribution is 2.37. The SMILES string of the molecule is CC(C)c1cccc(C(C)C)c1NC(=O)CN1C(=O)NC(C)(c2ccc3c(c2)OCCO3)C1=O. The zero-order chi connectivity index (χ0) is 24.6. The summed E-state index contributed by atoms with van der Waals surface area (Å²) in [5, 5.41) is 5.71. The molecule has 2 aromatic rings. The van der Waals surface area contributed by atoms with E-state index in [2.05, 4.69) is 38.3 Å². The van der Waals surface area contributed by atoms with Crippen molar-refractivity contribution in [3.05, 3.63) is 53.1 Å². The molecule has 0 radical (unpaired) electrons. The van der Waals surface area contributed by atoms with Crippen molar-refractivity contribution in [3.8, 4) is 11.5 Å². The maximum atomic E-state index is 13.3. The molecule has 2 aliphatic heterocycles. The second-order valence-electron chi connectivity index (χ2n) is 9.47. The molecule has 4 rings (SSSR count). The number of rotatable bonds is 6. The van der Waals surface area contributed by atoms with Crippen molar-refractivity contribution in [2.45, 2.75) is 52.0 Å². The lowest BCUT2D eigenvalue weighted by Gasteiger charge is -2.25. The van der Waals surface area contributed by atoms with Gasteiger partial charge in [0, 0.05) is 5.69 Å². The highest BCUT2D eigenvalue weighted by atomic mass is 16.6. The highest BCUT2D eigenvalue weighted by Gasteiger charge is 2.49. The van der Waals surface area contributed by atoms with Crippen molar-refractivity contribution >= 4 is 23.5 Å². The van der Waals surface area contributed by atoms with E-state index < -0.39 is 23.4 Å². The molecule has 2 heterocycles. The van der Waals surface area contributed by atoms with Gasteiger partial charge in [-0.25, -0.2) is 4.79 Å². The molecule has 0 saturated carbocycles. The van der Waals surface area contributed by atoms with Crippen LogP contribution in [0.3, 0.4) is 0 Å². The molecule has 0 bridgehead atoms. The summed E-state index contributed by atoms with van der Waals surface area (Å²) in [4.78, 5) is 40.1. The largest absolute Gasteiger partial charge is 0.486 e. The first kappa shape index (κ1) is 23.6. The molecule has 4 amide bonds. The van der Waals surface area contributed by atoms with Crippen LogP contribution in [-0.4, -0.2) is 42.5 Å². The molecule has 1 atom stereocenters. The zero-order valence-corrected chi connectivity index (χ0v) is 20.2. The quantitative estimate of drug-likeness (QED) is 0.626. The number of nitrogens with one attached hydrogen (secondary N) is 2. The topological polar surface area (TPSA) is 97.0 Å². The lowest BCUT2D eigenvalue weighted by molar-refractivity contribution is -0.133. The van der Waals surface area contributed by atoms with E-state index in [0.717, 1.165) is 21.7 Å². The Bertz CT molecular complexity index is 1120. The Morgan fingerprint density at radius 2 is 1.65 bits per heavy atom. The molecule has 0 aromatic heterocycles. The van der Waals surface area contributed by atoms with Gasteiger partial charge in [0.25, 0.3) is 5.91 Å². The summed E-state index contributed by atoms with van der Waals surface area (Å²) >= 11 is 0. The number of urea groups is 1. The standard InChI is InChI=1S/C26H31N3O5/c1-15(2)18-7-6-8-19(16(3)4)23(18)27-22(30)14-29-24(31)26(5,28-25(29)32)17-9-10-20-21(13-17)34-12-11-33-20/h6-10,13,15-16H,11-12,14H2,1-5H3,(H,27,30)(H,28,32). The van der Waals surface area contributed by atoms with Crippen LogP contribution in [0.1, 0.15) is 63.1 Å². The van der Waals surface area contributed by atoms with Gasteiger partial charge in [-0.05, 0) is 47.6 Å². The van der Waals surface area contributed by atoms with E-state index in [1.807, 2.05) is 18.2 Å². The molecule has 1 saturated heterocycles. The molecule has 8 heteroatoms. The van der Waals surface area contributed by atoms with E-state index in [-0.39, 0.29) is 18.4 Å². The molecule has 1 fully saturated rings. The van der Waals surface area contributed by atoms with Crippen LogP contribution < -0.4 is 20.1 Å². The Balaban J connectivity index is 1.55. The predicted octanol–water partition coefficient (Wildman–Crippen LogP) is 4.11. The number of hydrogen-bond donors (Lipinski definition) is 2. The number of imide groups is 1. The Labute approximate surface area is 199 Å². The van der Waals surface area contributed by atoms with Gasteiger partial charge in [0.15, 0.2) is 11.5 Å². The van der Waals surface area contributed by atoms with Gasteiger partial charge in [-0.1, -0.05) is 52.0 Å². The molecule has 0 aliphatic carbocycles. The van der Waals surface area contributed by atoms with Crippen LogP contribution in [-0.2, 0) is 15.1 Å². The van der Waals surface area contributed by atoms with Gasteiger partial charge in [0.1, 0.15) is 25.3 Å². The van der Waals surface area contributed by atoms with Gasteiger partial charge in [0.2, 0.25) is 5.91 Å². The average Bonchev–Trinajstić information content (AvgIpc) is 3.02. The van der Waals surface area contributed by atoms with Crippen molar-refractivity contribution in [2.75, 3.05) is 25.1 Å². The summed E-state index contributed by atoms with van der Waals surface area (Å²) in [6.45, 7) is 10.4. The number of ether oxygens (including phenoxy) is 2. The van der Waals surface area contributed by atoms with Crippen molar-refractivity contribution in [1.29, 1.82) is 0 Å². The van der Waals surface area contributed by atoms with Crippen LogP contribution in [0.2, 0.25) is 0 Å². The van der Waals surface area contributed by atoms with E-state index in [1.165, 1.54) is 0 Å². The van der Waals surface area contributed by atoms with E-state index in [1.54, 1.807) is 25.1 Å². The molecule has 2 N–H and O–H groups in total. The van der Waals surface area contributed by atoms with Gasteiger partial charge in [-0.3, -0.25) is 14.5 Å². The lowest BCUT2D eigenvalue weighted by atomic mass is 9.91. The number of hydrogen-bond acceptors (Lipinski definition) is 5. The van der Waals surface area contributed by atoms with Crippen LogP contribution in [0.25, 0.3) is 0 Å². The van der Waals surface area contributed by atoms with Crippen molar-refractivity contribution < 1.29 is 23.9 Å². The third-order valence-corrected chi connectivity index (χ3v) is 6.33. The molecular weight excluding hydrogens is 434 g/mol. The number of fused-ring (bicyclic) bond motifs is 1. The molecule has 34 heavy (non-hydrogen) atoms. The number of carbonyl (C=O) groups is 3. The smallest absolute Gasteiger partial charge is 0.325 e. The third kappa shape index (κ3) is 4.20. The first-order valence-corrected chi connectivity index (χ1v) is 11.6. The Morgan fingerprint density at radius 3 is 2.26 bits per heavy atom. The second kappa shape index (κ2) is 9.00. The van der Waals surface area contributed by atoms with Crippen molar-refractivity contribution in [3.63, 3.8) is 0 Å². The second-order valence-corrected chi connectivity index (χ2v) is 9.47. The fourth-order valence-electron chi connectivity index (χ4n) is 4.41. The number of anilines is 1. The van der Waals surface area contributed by atoms with Crippen LogP contribution >= 0.6 is 0 Å². The highest BCUT2D eigenvalue weighted by molar-refractivity contribution is 6.10.